The van der Waals surface area contributed by atoms with Crippen LogP contribution >= 0.6 is 15.9 Å². The number of anilines is 1. The van der Waals surface area contributed by atoms with Crippen LogP contribution in [0.25, 0.3) is 0 Å². The Balaban J connectivity index is 1.72. The summed E-state index contributed by atoms with van der Waals surface area (Å²) in [6.07, 6.45) is 2.41. The third-order valence-corrected chi connectivity index (χ3v) is 3.46. The predicted octanol–water partition coefficient (Wildman–Crippen LogP) is 3.43. The number of hydrogen-bond donors (Lipinski definition) is 1. The van der Waals surface area contributed by atoms with Gasteiger partial charge in [0, 0.05) is 17.7 Å². The van der Waals surface area contributed by atoms with Crippen molar-refractivity contribution in [3.05, 3.63) is 46.1 Å². The maximum absolute atomic E-state index is 4.55. The average Bonchev–Trinajstić information content (AvgIpc) is 3.20. The summed E-state index contributed by atoms with van der Waals surface area (Å²) in [4.78, 5) is 13.4. The topological polar surface area (TPSA) is 50.7 Å². The lowest BCUT2D eigenvalue weighted by molar-refractivity contribution is 0.905. The van der Waals surface area contributed by atoms with Crippen molar-refractivity contribution in [1.82, 2.24) is 15.0 Å². The van der Waals surface area contributed by atoms with Gasteiger partial charge in [-0.25, -0.2) is 9.97 Å². The lowest BCUT2D eigenvalue weighted by atomic mass is 10.3. The van der Waals surface area contributed by atoms with Crippen LogP contribution in [0.5, 0.6) is 0 Å². The van der Waals surface area contributed by atoms with Gasteiger partial charge < -0.3 is 5.32 Å². The molecule has 1 saturated carbocycles. The zero-order valence-corrected chi connectivity index (χ0v) is 12.3. The first-order valence-electron chi connectivity index (χ1n) is 6.41. The van der Waals surface area contributed by atoms with E-state index in [4.69, 9.17) is 0 Å². The summed E-state index contributed by atoms with van der Waals surface area (Å²) in [5.41, 5.74) is 2.05. The van der Waals surface area contributed by atoms with Gasteiger partial charge in [0.15, 0.2) is 0 Å². The largest absolute Gasteiger partial charge is 0.364 e. The highest BCUT2D eigenvalue weighted by atomic mass is 79.9. The van der Waals surface area contributed by atoms with E-state index in [-0.39, 0.29) is 0 Å². The van der Waals surface area contributed by atoms with Crippen molar-refractivity contribution in [1.29, 1.82) is 0 Å². The zero-order chi connectivity index (χ0) is 13.2. The van der Waals surface area contributed by atoms with E-state index in [1.807, 2.05) is 31.2 Å². The summed E-state index contributed by atoms with van der Waals surface area (Å²) in [5, 5.41) is 3.31. The third kappa shape index (κ3) is 3.29. The summed E-state index contributed by atoms with van der Waals surface area (Å²) in [6.45, 7) is 2.67. The molecule has 1 aliphatic carbocycles. The number of nitrogens with zero attached hydrogens (tertiary/aromatic N) is 3. The molecule has 0 aliphatic heterocycles. The number of pyridine rings is 1. The van der Waals surface area contributed by atoms with Crippen LogP contribution in [0.4, 0.5) is 5.82 Å². The van der Waals surface area contributed by atoms with Crippen LogP contribution in [0.2, 0.25) is 0 Å². The molecule has 0 saturated heterocycles. The normalized spacial score (nSPS) is 14.4. The molecule has 0 spiro atoms. The van der Waals surface area contributed by atoms with Gasteiger partial charge in [-0.3, -0.25) is 4.98 Å². The lowest BCUT2D eigenvalue weighted by Gasteiger charge is -2.07. The van der Waals surface area contributed by atoms with E-state index in [0.29, 0.717) is 12.5 Å². The molecule has 0 aromatic carbocycles. The molecule has 2 aromatic rings. The Hall–Kier alpha value is -1.49. The van der Waals surface area contributed by atoms with Gasteiger partial charge >= 0.3 is 0 Å². The second-order valence-electron chi connectivity index (χ2n) is 4.83. The van der Waals surface area contributed by atoms with Gasteiger partial charge in [-0.15, -0.1) is 0 Å². The van der Waals surface area contributed by atoms with Crippen LogP contribution in [-0.4, -0.2) is 15.0 Å². The van der Waals surface area contributed by atoms with Gasteiger partial charge in [0.05, 0.1) is 12.2 Å². The molecule has 0 atom stereocenters. The third-order valence-electron chi connectivity index (χ3n) is 3.05. The summed E-state index contributed by atoms with van der Waals surface area (Å²) in [5.74, 6) is 2.34. The van der Waals surface area contributed by atoms with Gasteiger partial charge in [0.2, 0.25) is 0 Å². The molecule has 0 bridgehead atoms. The van der Waals surface area contributed by atoms with Crippen molar-refractivity contribution in [3.63, 3.8) is 0 Å². The van der Waals surface area contributed by atoms with E-state index in [0.717, 1.165) is 27.6 Å². The van der Waals surface area contributed by atoms with E-state index < -0.39 is 0 Å². The molecule has 3 rings (SSSR count). The highest BCUT2D eigenvalue weighted by molar-refractivity contribution is 9.10. The Morgan fingerprint density at radius 1 is 1.26 bits per heavy atom. The van der Waals surface area contributed by atoms with E-state index in [9.17, 15) is 0 Å². The molecule has 1 fully saturated rings. The fourth-order valence-corrected chi connectivity index (χ4v) is 2.33. The van der Waals surface area contributed by atoms with Crippen molar-refractivity contribution in [2.75, 3.05) is 5.32 Å². The predicted molar refractivity (Wildman–Crippen MR) is 78.0 cm³/mol. The molecular formula is C14H15BrN4. The summed E-state index contributed by atoms with van der Waals surface area (Å²) in [6, 6.07) is 7.93. The maximum atomic E-state index is 4.55. The molecule has 0 radical (unpaired) electrons. The number of rotatable bonds is 4. The first-order valence-corrected chi connectivity index (χ1v) is 7.21. The van der Waals surface area contributed by atoms with Crippen molar-refractivity contribution >= 4 is 21.7 Å². The molecule has 19 heavy (non-hydrogen) atoms. The van der Waals surface area contributed by atoms with Crippen molar-refractivity contribution < 1.29 is 0 Å². The summed E-state index contributed by atoms with van der Waals surface area (Å²) in [7, 11) is 0. The lowest BCUT2D eigenvalue weighted by Crippen LogP contribution is -2.06. The van der Waals surface area contributed by atoms with Crippen LogP contribution in [0, 0.1) is 6.92 Å². The minimum atomic E-state index is 0.551. The molecule has 4 nitrogen and oxygen atoms in total. The zero-order valence-electron chi connectivity index (χ0n) is 10.7. The average molecular weight is 319 g/mol. The quantitative estimate of drug-likeness (QED) is 0.877. The van der Waals surface area contributed by atoms with Gasteiger partial charge in [-0.1, -0.05) is 6.07 Å². The minimum absolute atomic E-state index is 0.551. The molecule has 0 unspecified atom stereocenters. The Kier molecular flexibility index (Phi) is 3.46. The Morgan fingerprint density at radius 3 is 2.84 bits per heavy atom. The Morgan fingerprint density at radius 2 is 2.11 bits per heavy atom. The molecule has 0 amide bonds. The number of aryl methyl sites for hydroxylation is 1. The standard InChI is InChI=1S/C14H15BrN4/c1-9-3-2-4-11(17-9)8-16-13-7-12(15)18-14(19-13)10-5-6-10/h2-4,7,10H,5-6,8H2,1H3,(H,16,18,19). The van der Waals surface area contributed by atoms with Crippen molar-refractivity contribution in [2.24, 2.45) is 0 Å². The van der Waals surface area contributed by atoms with E-state index >= 15 is 0 Å². The summed E-state index contributed by atoms with van der Waals surface area (Å²) < 4.78 is 0.837. The molecule has 98 valence electrons. The highest BCUT2D eigenvalue weighted by Crippen LogP contribution is 2.38. The van der Waals surface area contributed by atoms with Crippen LogP contribution in [0.1, 0.15) is 36.0 Å². The fraction of sp³-hybridized carbons (Fsp3) is 0.357. The molecule has 1 N–H and O–H groups in total. The van der Waals surface area contributed by atoms with E-state index in [1.165, 1.54) is 12.8 Å². The first-order chi connectivity index (χ1) is 9.20. The highest BCUT2D eigenvalue weighted by Gasteiger charge is 2.27. The maximum Gasteiger partial charge on any atom is 0.135 e. The van der Waals surface area contributed by atoms with E-state index in [1.54, 1.807) is 0 Å². The van der Waals surface area contributed by atoms with Crippen molar-refractivity contribution in [2.45, 2.75) is 32.2 Å². The fourth-order valence-electron chi connectivity index (χ4n) is 1.93. The van der Waals surface area contributed by atoms with Crippen molar-refractivity contribution in [3.8, 4) is 0 Å². The van der Waals surface area contributed by atoms with Gasteiger partial charge in [0.25, 0.3) is 0 Å². The number of nitrogens with one attached hydrogen (secondary N) is 1. The van der Waals surface area contributed by atoms with Crippen LogP contribution in [0.15, 0.2) is 28.9 Å². The monoisotopic (exact) mass is 318 g/mol. The first kappa shape index (κ1) is 12.5. The Bertz CT molecular complexity index is 596. The summed E-state index contributed by atoms with van der Waals surface area (Å²) >= 11 is 3.44. The van der Waals surface area contributed by atoms with Gasteiger partial charge in [-0.2, -0.15) is 0 Å². The molecule has 2 aromatic heterocycles. The van der Waals surface area contributed by atoms with Crippen LogP contribution in [-0.2, 0) is 6.54 Å². The van der Waals surface area contributed by atoms with Crippen LogP contribution in [0.3, 0.4) is 0 Å². The molecule has 1 aliphatic rings. The second-order valence-corrected chi connectivity index (χ2v) is 5.64. The Labute approximate surface area is 120 Å². The molecule has 5 heteroatoms. The number of hydrogen-bond acceptors (Lipinski definition) is 4. The van der Waals surface area contributed by atoms with Gasteiger partial charge in [-0.05, 0) is 47.8 Å². The van der Waals surface area contributed by atoms with Gasteiger partial charge in [0.1, 0.15) is 16.2 Å². The SMILES string of the molecule is Cc1cccc(CNc2cc(Br)nc(C3CC3)n2)n1. The number of aromatic nitrogens is 3. The van der Waals surface area contributed by atoms with Crippen LogP contribution < -0.4 is 5.32 Å². The minimum Gasteiger partial charge on any atom is -0.364 e. The number of halogens is 1. The van der Waals surface area contributed by atoms with E-state index in [2.05, 4.69) is 36.2 Å². The smallest absolute Gasteiger partial charge is 0.135 e. The second kappa shape index (κ2) is 5.25. The molecular weight excluding hydrogens is 304 g/mol. The molecule has 2 heterocycles.